The Morgan fingerprint density at radius 3 is 2.87 bits per heavy atom. The molecule has 15 heavy (non-hydrogen) atoms. The summed E-state index contributed by atoms with van der Waals surface area (Å²) in [6, 6.07) is 4.45. The number of amides is 1. The van der Waals surface area contributed by atoms with Gasteiger partial charge in [0.2, 0.25) is 0 Å². The molecule has 0 spiro atoms. The van der Waals surface area contributed by atoms with Crippen molar-refractivity contribution < 1.29 is 9.18 Å². The van der Waals surface area contributed by atoms with Crippen LogP contribution < -0.4 is 5.32 Å². The fraction of sp³-hybridized carbons (Fsp3) is 0.364. The Labute approximate surface area is 96.0 Å². The van der Waals surface area contributed by atoms with Crippen LogP contribution in [-0.4, -0.2) is 12.5 Å². The first-order valence-electron chi connectivity index (χ1n) is 4.90. The van der Waals surface area contributed by atoms with Crippen LogP contribution in [0.15, 0.2) is 22.7 Å². The van der Waals surface area contributed by atoms with Crippen molar-refractivity contribution in [2.24, 2.45) is 5.92 Å². The van der Waals surface area contributed by atoms with Gasteiger partial charge in [0.15, 0.2) is 0 Å². The molecule has 0 bridgehead atoms. The van der Waals surface area contributed by atoms with Gasteiger partial charge in [0.05, 0.1) is 5.56 Å². The summed E-state index contributed by atoms with van der Waals surface area (Å²) in [6.07, 6.45) is 2.34. The highest BCUT2D eigenvalue weighted by Gasteiger charge is 2.22. The zero-order valence-corrected chi connectivity index (χ0v) is 9.68. The van der Waals surface area contributed by atoms with Gasteiger partial charge in [0.25, 0.3) is 5.91 Å². The molecule has 1 aliphatic carbocycles. The molecular formula is C11H11BrFNO. The Bertz CT molecular complexity index is 390. The monoisotopic (exact) mass is 271 g/mol. The number of carbonyl (C=O) groups excluding carboxylic acids is 1. The Morgan fingerprint density at radius 1 is 1.53 bits per heavy atom. The summed E-state index contributed by atoms with van der Waals surface area (Å²) in [7, 11) is 0. The summed E-state index contributed by atoms with van der Waals surface area (Å²) < 4.78 is 14.0. The van der Waals surface area contributed by atoms with E-state index in [1.807, 2.05) is 0 Å². The van der Waals surface area contributed by atoms with E-state index in [4.69, 9.17) is 0 Å². The van der Waals surface area contributed by atoms with Gasteiger partial charge < -0.3 is 5.32 Å². The maximum absolute atomic E-state index is 13.4. The van der Waals surface area contributed by atoms with Crippen molar-refractivity contribution in [3.8, 4) is 0 Å². The van der Waals surface area contributed by atoms with Crippen LogP contribution in [0.5, 0.6) is 0 Å². The van der Waals surface area contributed by atoms with Crippen LogP contribution in [0.2, 0.25) is 0 Å². The maximum Gasteiger partial charge on any atom is 0.254 e. The second kappa shape index (κ2) is 4.31. The standard InChI is InChI=1S/C11H11BrFNO/c12-8-3-4-9(10(13)5-8)11(15)14-6-7-1-2-7/h3-5,7H,1-2,6H2,(H,14,15). The summed E-state index contributed by atoms with van der Waals surface area (Å²) in [5.41, 5.74) is 0.110. The van der Waals surface area contributed by atoms with Gasteiger partial charge in [-0.2, -0.15) is 0 Å². The topological polar surface area (TPSA) is 29.1 Å². The first-order chi connectivity index (χ1) is 7.16. The van der Waals surface area contributed by atoms with Crippen molar-refractivity contribution in [2.75, 3.05) is 6.54 Å². The predicted molar refractivity (Wildman–Crippen MR) is 59.2 cm³/mol. The molecule has 1 saturated carbocycles. The molecule has 0 aliphatic heterocycles. The molecule has 0 aromatic heterocycles. The molecule has 2 nitrogen and oxygen atoms in total. The van der Waals surface area contributed by atoms with E-state index in [1.165, 1.54) is 25.0 Å². The first-order valence-corrected chi connectivity index (χ1v) is 5.69. The summed E-state index contributed by atoms with van der Waals surface area (Å²) in [4.78, 5) is 11.5. The fourth-order valence-corrected chi connectivity index (χ4v) is 1.66. The second-order valence-corrected chi connectivity index (χ2v) is 4.69. The quantitative estimate of drug-likeness (QED) is 0.900. The third-order valence-corrected chi connectivity index (χ3v) is 2.92. The normalized spacial score (nSPS) is 15.1. The number of hydrogen-bond donors (Lipinski definition) is 1. The van der Waals surface area contributed by atoms with Crippen LogP contribution in [0.1, 0.15) is 23.2 Å². The highest BCUT2D eigenvalue weighted by atomic mass is 79.9. The molecular weight excluding hydrogens is 261 g/mol. The number of carbonyl (C=O) groups is 1. The van der Waals surface area contributed by atoms with E-state index in [1.54, 1.807) is 6.07 Å². The van der Waals surface area contributed by atoms with E-state index in [-0.39, 0.29) is 11.5 Å². The average Bonchev–Trinajstić information content (AvgIpc) is 2.97. The summed E-state index contributed by atoms with van der Waals surface area (Å²) in [5.74, 6) is -0.211. The first kappa shape index (κ1) is 10.6. The van der Waals surface area contributed by atoms with E-state index in [9.17, 15) is 9.18 Å². The van der Waals surface area contributed by atoms with Crippen LogP contribution in [0, 0.1) is 11.7 Å². The van der Waals surface area contributed by atoms with Crippen LogP contribution in [0.3, 0.4) is 0 Å². The molecule has 1 amide bonds. The van der Waals surface area contributed by atoms with E-state index in [0.29, 0.717) is 16.9 Å². The highest BCUT2D eigenvalue weighted by Crippen LogP contribution is 2.27. The van der Waals surface area contributed by atoms with Gasteiger partial charge in [-0.05, 0) is 37.0 Å². The Kier molecular flexibility index (Phi) is 3.05. The Morgan fingerprint density at radius 2 is 2.27 bits per heavy atom. The average molecular weight is 272 g/mol. The van der Waals surface area contributed by atoms with Crippen LogP contribution in [-0.2, 0) is 0 Å². The summed E-state index contributed by atoms with van der Waals surface area (Å²) in [5, 5.41) is 2.73. The molecule has 0 atom stereocenters. The van der Waals surface area contributed by atoms with Crippen LogP contribution in [0.25, 0.3) is 0 Å². The van der Waals surface area contributed by atoms with Gasteiger partial charge in [-0.1, -0.05) is 15.9 Å². The summed E-state index contributed by atoms with van der Waals surface area (Å²) in [6.45, 7) is 0.661. The molecule has 1 aromatic rings. The van der Waals surface area contributed by atoms with Gasteiger partial charge in [-0.3, -0.25) is 4.79 Å². The summed E-state index contributed by atoms with van der Waals surface area (Å²) >= 11 is 3.15. The number of nitrogens with one attached hydrogen (secondary N) is 1. The minimum absolute atomic E-state index is 0.110. The number of rotatable bonds is 3. The smallest absolute Gasteiger partial charge is 0.254 e. The van der Waals surface area contributed by atoms with Crippen LogP contribution >= 0.6 is 15.9 Å². The zero-order valence-electron chi connectivity index (χ0n) is 8.09. The van der Waals surface area contributed by atoms with Gasteiger partial charge in [-0.25, -0.2) is 4.39 Å². The number of benzene rings is 1. The van der Waals surface area contributed by atoms with Gasteiger partial charge in [-0.15, -0.1) is 0 Å². The minimum atomic E-state index is -0.488. The fourth-order valence-electron chi connectivity index (χ4n) is 1.33. The van der Waals surface area contributed by atoms with Crippen LogP contribution in [0.4, 0.5) is 4.39 Å². The lowest BCUT2D eigenvalue weighted by Gasteiger charge is -2.05. The van der Waals surface area contributed by atoms with Gasteiger partial charge >= 0.3 is 0 Å². The van der Waals surface area contributed by atoms with E-state index in [0.717, 1.165) is 0 Å². The molecule has 1 fully saturated rings. The Hall–Kier alpha value is -0.900. The van der Waals surface area contributed by atoms with Crippen molar-refractivity contribution in [3.63, 3.8) is 0 Å². The van der Waals surface area contributed by atoms with E-state index < -0.39 is 5.82 Å². The second-order valence-electron chi connectivity index (χ2n) is 3.78. The third kappa shape index (κ3) is 2.78. The van der Waals surface area contributed by atoms with Crippen molar-refractivity contribution in [1.82, 2.24) is 5.32 Å². The molecule has 2 rings (SSSR count). The van der Waals surface area contributed by atoms with E-state index >= 15 is 0 Å². The molecule has 0 heterocycles. The van der Waals surface area contributed by atoms with Crippen molar-refractivity contribution in [2.45, 2.75) is 12.8 Å². The molecule has 80 valence electrons. The molecule has 0 unspecified atom stereocenters. The SMILES string of the molecule is O=C(NCC1CC1)c1ccc(Br)cc1F. The van der Waals surface area contributed by atoms with Crippen molar-refractivity contribution >= 4 is 21.8 Å². The van der Waals surface area contributed by atoms with E-state index in [2.05, 4.69) is 21.2 Å². The molecule has 1 aromatic carbocycles. The molecule has 0 radical (unpaired) electrons. The minimum Gasteiger partial charge on any atom is -0.352 e. The largest absolute Gasteiger partial charge is 0.352 e. The molecule has 4 heteroatoms. The molecule has 0 saturated heterocycles. The zero-order chi connectivity index (χ0) is 10.8. The van der Waals surface area contributed by atoms with Crippen molar-refractivity contribution in [3.05, 3.63) is 34.1 Å². The van der Waals surface area contributed by atoms with Gasteiger partial charge in [0.1, 0.15) is 5.82 Å². The molecule has 1 N–H and O–H groups in total. The Balaban J connectivity index is 2.03. The lowest BCUT2D eigenvalue weighted by molar-refractivity contribution is 0.0948. The van der Waals surface area contributed by atoms with Gasteiger partial charge in [0, 0.05) is 11.0 Å². The predicted octanol–water partition coefficient (Wildman–Crippen LogP) is 2.73. The maximum atomic E-state index is 13.4. The number of hydrogen-bond acceptors (Lipinski definition) is 1. The third-order valence-electron chi connectivity index (χ3n) is 2.42. The molecule has 1 aliphatic rings. The lowest BCUT2D eigenvalue weighted by atomic mass is 10.2. The van der Waals surface area contributed by atoms with Crippen molar-refractivity contribution in [1.29, 1.82) is 0 Å². The highest BCUT2D eigenvalue weighted by molar-refractivity contribution is 9.10. The lowest BCUT2D eigenvalue weighted by Crippen LogP contribution is -2.26. The number of halogens is 2.